The lowest BCUT2D eigenvalue weighted by Crippen LogP contribution is -2.52. The molecule has 1 fully saturated rings. The number of nitrogens with zero attached hydrogens (tertiary/aromatic N) is 2. The molecule has 17 heteroatoms. The monoisotopic (exact) mass is 582 g/mol. The lowest BCUT2D eigenvalue weighted by Gasteiger charge is -2.32. The molecule has 216 valence electrons. The molecule has 2 heterocycles. The van der Waals surface area contributed by atoms with Crippen LogP contribution in [0.25, 0.3) is 0 Å². The summed E-state index contributed by atoms with van der Waals surface area (Å²) in [5, 5.41) is 12.7. The van der Waals surface area contributed by atoms with Crippen molar-refractivity contribution in [2.75, 3.05) is 12.3 Å². The summed E-state index contributed by atoms with van der Waals surface area (Å²) in [6.45, 7) is 2.89. The Balaban J connectivity index is 1.92. The number of esters is 1. The number of hydrogen-bond donors (Lipinski definition) is 3. The van der Waals surface area contributed by atoms with Crippen molar-refractivity contribution in [1.82, 2.24) is 14.6 Å². The summed E-state index contributed by atoms with van der Waals surface area (Å²) in [5.41, 5.74) is 0.618. The average Bonchev–Trinajstić information content (AvgIpc) is 3.11. The van der Waals surface area contributed by atoms with Crippen LogP contribution in [0.15, 0.2) is 41.3 Å². The highest BCUT2D eigenvalue weighted by Crippen LogP contribution is 2.49. The van der Waals surface area contributed by atoms with Crippen LogP contribution in [0.5, 0.6) is 5.75 Å². The highest BCUT2D eigenvalue weighted by molar-refractivity contribution is 7.52. The Morgan fingerprint density at radius 2 is 1.95 bits per heavy atom. The molecule has 0 spiro atoms. The molecule has 12 nitrogen and oxygen atoms in total. The summed E-state index contributed by atoms with van der Waals surface area (Å²) in [5.74, 6) is -3.05. The van der Waals surface area contributed by atoms with Crippen LogP contribution in [-0.2, 0) is 23.4 Å². The number of nitrogens with two attached hydrogens (primary N) is 1. The normalized spacial score (nSPS) is 25.4. The second-order valence-corrected chi connectivity index (χ2v) is 10.5. The fourth-order valence-electron chi connectivity index (χ4n) is 3.52. The van der Waals surface area contributed by atoms with Crippen molar-refractivity contribution in [3.8, 4) is 5.75 Å². The lowest BCUT2D eigenvalue weighted by atomic mass is 9.97. The zero-order valence-electron chi connectivity index (χ0n) is 20.9. The number of anilines is 1. The minimum Gasteiger partial charge on any atom is -0.462 e. The predicted molar refractivity (Wildman–Crippen MR) is 127 cm³/mol. The Morgan fingerprint density at radius 3 is 2.54 bits per heavy atom. The molecular weight excluding hydrogens is 555 g/mol. The van der Waals surface area contributed by atoms with Crippen LogP contribution in [0, 0.1) is 5.82 Å². The fourth-order valence-corrected chi connectivity index (χ4v) is 5.05. The van der Waals surface area contributed by atoms with Crippen molar-refractivity contribution in [1.29, 1.82) is 0 Å². The molecule has 4 N–H and O–H groups in total. The van der Waals surface area contributed by atoms with Crippen LogP contribution in [0.4, 0.5) is 23.4 Å². The van der Waals surface area contributed by atoms with Gasteiger partial charge < -0.3 is 24.8 Å². The maximum atomic E-state index is 15.1. The largest absolute Gasteiger partial charge is 0.462 e. The Labute approximate surface area is 219 Å². The molecule has 1 aromatic heterocycles. The van der Waals surface area contributed by atoms with Gasteiger partial charge in [-0.1, -0.05) is 18.2 Å². The number of hydrogen-bond acceptors (Lipinski definition) is 10. The smallest absolute Gasteiger partial charge is 0.459 e. The van der Waals surface area contributed by atoms with Crippen LogP contribution in [0.3, 0.4) is 0 Å². The van der Waals surface area contributed by atoms with Gasteiger partial charge in [-0.2, -0.15) is 10.1 Å². The number of benzene rings is 1. The average molecular weight is 582 g/mol. The van der Waals surface area contributed by atoms with Crippen molar-refractivity contribution >= 4 is 19.5 Å². The molecule has 0 amide bonds. The van der Waals surface area contributed by atoms with E-state index in [0.717, 1.165) is 0 Å². The van der Waals surface area contributed by atoms with E-state index in [1.807, 2.05) is 0 Å². The van der Waals surface area contributed by atoms with Gasteiger partial charge in [0.1, 0.15) is 17.9 Å². The van der Waals surface area contributed by atoms with Gasteiger partial charge in [0.25, 0.3) is 6.43 Å². The molecule has 1 aliphatic heterocycles. The first-order chi connectivity index (χ1) is 18.2. The van der Waals surface area contributed by atoms with Gasteiger partial charge in [-0.25, -0.2) is 26.9 Å². The maximum Gasteiger partial charge on any atom is 0.459 e. The maximum absolute atomic E-state index is 15.1. The van der Waals surface area contributed by atoms with E-state index < -0.39 is 80.3 Å². The number of halogens is 4. The van der Waals surface area contributed by atoms with Crippen molar-refractivity contribution in [3.05, 3.63) is 52.8 Å². The van der Waals surface area contributed by atoms with E-state index in [0.29, 0.717) is 6.20 Å². The number of aliphatic hydroxyl groups excluding tert-OH is 1. The summed E-state index contributed by atoms with van der Waals surface area (Å²) in [4.78, 5) is 27.5. The zero-order valence-corrected chi connectivity index (χ0v) is 21.8. The molecule has 39 heavy (non-hydrogen) atoms. The summed E-state index contributed by atoms with van der Waals surface area (Å²) >= 11 is 0. The molecule has 1 saturated heterocycles. The van der Waals surface area contributed by atoms with Gasteiger partial charge in [0.05, 0.1) is 18.9 Å². The van der Waals surface area contributed by atoms with Gasteiger partial charge in [-0.15, -0.1) is 0 Å². The first-order valence-corrected chi connectivity index (χ1v) is 13.0. The second-order valence-electron chi connectivity index (χ2n) is 8.83. The minimum absolute atomic E-state index is 0.0621. The number of alkyl halides is 3. The summed E-state index contributed by atoms with van der Waals surface area (Å²) in [6.07, 6.45) is -11.5. The number of para-hydroxylation sites is 1. The minimum atomic E-state index is -4.75. The molecule has 6 atom stereocenters. The number of aliphatic hydroxyl groups is 1. The Kier molecular flexibility index (Phi) is 9.39. The fraction of sp³-hybridized carbons (Fsp3) is 0.500. The Hall–Kier alpha value is -3.04. The first-order valence-electron chi connectivity index (χ1n) is 11.5. The van der Waals surface area contributed by atoms with Crippen LogP contribution < -0.4 is 21.0 Å². The molecule has 0 saturated carbocycles. The Bertz CT molecular complexity index is 1270. The molecule has 0 radical (unpaired) electrons. The first kappa shape index (κ1) is 30.5. The molecule has 2 aromatic rings. The number of nitrogens with one attached hydrogen (secondary N) is 1. The van der Waals surface area contributed by atoms with Gasteiger partial charge in [-0.05, 0) is 32.9 Å². The van der Waals surface area contributed by atoms with Gasteiger partial charge in [0.15, 0.2) is 29.6 Å². The van der Waals surface area contributed by atoms with Crippen molar-refractivity contribution in [2.24, 2.45) is 0 Å². The number of aromatic nitrogens is 2. The van der Waals surface area contributed by atoms with Crippen LogP contribution in [-0.4, -0.2) is 63.7 Å². The number of carbonyl (C=O) groups excluding carboxylic acids is 1. The molecule has 1 aliphatic rings. The molecule has 0 bridgehead atoms. The predicted octanol–water partition coefficient (Wildman–Crippen LogP) is 2.33. The van der Waals surface area contributed by atoms with Crippen molar-refractivity contribution in [2.45, 2.75) is 63.4 Å². The molecule has 0 aliphatic carbocycles. The van der Waals surface area contributed by atoms with Crippen LogP contribution >= 0.6 is 7.75 Å². The highest BCUT2D eigenvalue weighted by Gasteiger charge is 2.62. The standard InChI is InChI=1S/C22H27F4N4O8P/c1-11(2)36-19(32)12(3)29-39(34,38-13-7-5-4-6-8-13)35-10-22(20(25)26)16(31)15(24)18(37-22)30-9-14(23)17(27)28-21(30)33/h4-9,11-12,15-16,18,20,31H,10H2,1-3H3,(H,29,34)(H2,27,28,33)/t12-,15+,16-,18+,22+,39?/m0/s1. The summed E-state index contributed by atoms with van der Waals surface area (Å²) in [7, 11) is -4.75. The van der Waals surface area contributed by atoms with Crippen LogP contribution in [0.2, 0.25) is 0 Å². The third-order valence-electron chi connectivity index (χ3n) is 5.48. The van der Waals surface area contributed by atoms with Crippen molar-refractivity contribution < 1.29 is 50.5 Å². The second kappa shape index (κ2) is 12.0. The van der Waals surface area contributed by atoms with Gasteiger partial charge in [0, 0.05) is 0 Å². The number of carbonyl (C=O) groups is 1. The van der Waals surface area contributed by atoms with E-state index >= 15 is 4.39 Å². The zero-order chi connectivity index (χ0) is 29.1. The van der Waals surface area contributed by atoms with Crippen molar-refractivity contribution in [3.63, 3.8) is 0 Å². The van der Waals surface area contributed by atoms with E-state index in [9.17, 15) is 32.4 Å². The molecular formula is C22H27F4N4O8P. The van der Waals surface area contributed by atoms with Gasteiger partial charge in [0.2, 0.25) is 0 Å². The van der Waals surface area contributed by atoms with E-state index in [2.05, 4.69) is 10.1 Å². The topological polar surface area (TPSA) is 164 Å². The van der Waals surface area contributed by atoms with E-state index in [4.69, 9.17) is 24.3 Å². The van der Waals surface area contributed by atoms with Gasteiger partial charge in [-0.3, -0.25) is 13.9 Å². The number of ether oxygens (including phenoxy) is 2. The quantitative estimate of drug-likeness (QED) is 0.202. The third-order valence-corrected chi connectivity index (χ3v) is 7.10. The molecule has 1 aromatic carbocycles. The van der Waals surface area contributed by atoms with E-state index in [1.54, 1.807) is 19.9 Å². The van der Waals surface area contributed by atoms with Crippen LogP contribution in [0.1, 0.15) is 27.0 Å². The number of nitrogen functional groups attached to an aromatic ring is 1. The summed E-state index contributed by atoms with van der Waals surface area (Å²) < 4.78 is 92.0. The number of rotatable bonds is 11. The highest BCUT2D eigenvalue weighted by atomic mass is 31.2. The SMILES string of the molecule is CC(C)OC(=O)[C@H](C)NP(=O)(OC[C@@]1(C(F)F)O[C@@H](n2cc(F)c(N)nc2=O)[C@H](F)[C@@H]1O)Oc1ccccc1. The van der Waals surface area contributed by atoms with E-state index in [1.165, 1.54) is 31.2 Å². The molecule has 3 rings (SSSR count). The van der Waals surface area contributed by atoms with Gasteiger partial charge >= 0.3 is 19.4 Å². The molecule has 1 unspecified atom stereocenters. The third kappa shape index (κ3) is 6.76. The van der Waals surface area contributed by atoms with E-state index in [-0.39, 0.29) is 10.3 Å². The lowest BCUT2D eigenvalue weighted by molar-refractivity contribution is -0.193. The summed E-state index contributed by atoms with van der Waals surface area (Å²) in [6, 6.07) is 5.94. The Morgan fingerprint density at radius 1 is 1.31 bits per heavy atom.